The maximum atomic E-state index is 13.4. The Morgan fingerprint density at radius 1 is 1.26 bits per heavy atom. The molecule has 0 saturated heterocycles. The van der Waals surface area contributed by atoms with Crippen LogP contribution in [0.25, 0.3) is 0 Å². The van der Waals surface area contributed by atoms with Crippen molar-refractivity contribution in [2.45, 2.75) is 24.8 Å². The van der Waals surface area contributed by atoms with Crippen LogP contribution in [-0.2, 0) is 5.54 Å². The number of carbonyl (C=O) groups excluding carboxylic acids is 1. The highest BCUT2D eigenvalue weighted by atomic mass is 35.5. The van der Waals surface area contributed by atoms with Crippen LogP contribution >= 0.6 is 11.6 Å². The maximum absolute atomic E-state index is 13.4. The van der Waals surface area contributed by atoms with Gasteiger partial charge in [0.25, 0.3) is 6.43 Å². The summed E-state index contributed by atoms with van der Waals surface area (Å²) in [5, 5.41) is 12.3. The Labute approximate surface area is 160 Å². The summed E-state index contributed by atoms with van der Waals surface area (Å²) in [6.45, 7) is -0.686. The first-order valence-corrected chi connectivity index (χ1v) is 9.02. The van der Waals surface area contributed by atoms with Crippen molar-refractivity contribution in [2.24, 2.45) is 5.92 Å². The predicted molar refractivity (Wildman–Crippen MR) is 97.8 cm³/mol. The Bertz CT molecular complexity index is 937. The molecule has 0 spiro atoms. The van der Waals surface area contributed by atoms with Gasteiger partial charge in [0, 0.05) is 16.3 Å². The molecular formula is C20H16ClF2N3O. The highest BCUT2D eigenvalue weighted by Gasteiger charge is 2.57. The Kier molecular flexibility index (Phi) is 4.27. The number of nitrogens with zero attached hydrogens (tertiary/aromatic N) is 2. The number of benzene rings is 2. The molecule has 0 aromatic heterocycles. The van der Waals surface area contributed by atoms with E-state index in [0.29, 0.717) is 27.4 Å². The summed E-state index contributed by atoms with van der Waals surface area (Å²) < 4.78 is 26.8. The van der Waals surface area contributed by atoms with Gasteiger partial charge in [-0.1, -0.05) is 23.7 Å². The molecule has 0 bridgehead atoms. The zero-order valence-corrected chi connectivity index (χ0v) is 15.0. The second-order valence-electron chi connectivity index (χ2n) is 6.85. The van der Waals surface area contributed by atoms with Crippen molar-refractivity contribution in [3.8, 4) is 6.07 Å². The van der Waals surface area contributed by atoms with Crippen LogP contribution in [0.4, 0.5) is 19.3 Å². The van der Waals surface area contributed by atoms with Crippen LogP contribution in [0.15, 0.2) is 42.5 Å². The third-order valence-electron chi connectivity index (χ3n) is 5.25. The summed E-state index contributed by atoms with van der Waals surface area (Å²) >= 11 is 6.23. The number of rotatable bonds is 4. The fourth-order valence-electron chi connectivity index (χ4n) is 4.08. The summed E-state index contributed by atoms with van der Waals surface area (Å²) in [5.74, 6) is 0.00690. The van der Waals surface area contributed by atoms with Crippen molar-refractivity contribution in [2.75, 3.05) is 11.9 Å². The Balaban J connectivity index is 2.00. The molecule has 2 amide bonds. The van der Waals surface area contributed by atoms with Crippen LogP contribution in [0, 0.1) is 17.2 Å². The second kappa shape index (κ2) is 6.50. The smallest absolute Gasteiger partial charge is 0.307 e. The third kappa shape index (κ3) is 2.83. The average Bonchev–Trinajstić information content (AvgIpc) is 3.48. The van der Waals surface area contributed by atoms with E-state index in [9.17, 15) is 13.6 Å². The minimum atomic E-state index is -2.67. The van der Waals surface area contributed by atoms with Crippen LogP contribution in [0.3, 0.4) is 0 Å². The zero-order valence-electron chi connectivity index (χ0n) is 14.3. The number of alkyl halides is 2. The number of nitriles is 1. The van der Waals surface area contributed by atoms with Crippen molar-refractivity contribution < 1.29 is 13.6 Å². The normalized spacial score (nSPS) is 21.6. The molecule has 2 aliphatic rings. The van der Waals surface area contributed by atoms with Crippen LogP contribution in [-0.4, -0.2) is 23.9 Å². The van der Waals surface area contributed by atoms with Gasteiger partial charge in [-0.2, -0.15) is 5.26 Å². The first kappa shape index (κ1) is 17.7. The first-order valence-electron chi connectivity index (χ1n) is 8.64. The molecule has 1 aliphatic carbocycles. The van der Waals surface area contributed by atoms with E-state index in [1.807, 2.05) is 0 Å². The molecular weight excluding hydrogens is 372 g/mol. The summed E-state index contributed by atoms with van der Waals surface area (Å²) in [6.07, 6.45) is -1.04. The molecule has 0 radical (unpaired) electrons. The van der Waals surface area contributed by atoms with Gasteiger partial charge in [-0.05, 0) is 54.7 Å². The fraction of sp³-hybridized carbons (Fsp3) is 0.300. The van der Waals surface area contributed by atoms with Gasteiger partial charge in [0.15, 0.2) is 0 Å². The van der Waals surface area contributed by atoms with Crippen molar-refractivity contribution in [3.63, 3.8) is 0 Å². The molecule has 1 aliphatic heterocycles. The molecule has 0 unspecified atom stereocenters. The molecule has 2 aromatic carbocycles. The summed E-state index contributed by atoms with van der Waals surface area (Å²) in [4.78, 5) is 14.0. The van der Waals surface area contributed by atoms with Gasteiger partial charge in [0.2, 0.25) is 0 Å². The van der Waals surface area contributed by atoms with E-state index in [4.69, 9.17) is 16.9 Å². The van der Waals surface area contributed by atoms with E-state index in [1.165, 1.54) is 4.90 Å². The molecule has 138 valence electrons. The van der Waals surface area contributed by atoms with Crippen LogP contribution < -0.4 is 5.32 Å². The highest BCUT2D eigenvalue weighted by Crippen LogP contribution is 2.57. The lowest BCUT2D eigenvalue weighted by atomic mass is 9.75. The number of fused-ring (bicyclic) bond motifs is 1. The molecule has 7 heteroatoms. The van der Waals surface area contributed by atoms with Crippen LogP contribution in [0.2, 0.25) is 5.02 Å². The van der Waals surface area contributed by atoms with Gasteiger partial charge < -0.3 is 10.2 Å². The third-order valence-corrected chi connectivity index (χ3v) is 5.48. The number of halogens is 3. The van der Waals surface area contributed by atoms with Crippen LogP contribution in [0.5, 0.6) is 0 Å². The summed E-state index contributed by atoms with van der Waals surface area (Å²) in [6, 6.07) is 13.4. The van der Waals surface area contributed by atoms with E-state index in [-0.39, 0.29) is 5.92 Å². The lowest BCUT2D eigenvalue weighted by Gasteiger charge is -2.49. The van der Waals surface area contributed by atoms with Gasteiger partial charge in [0.1, 0.15) is 5.54 Å². The predicted octanol–water partition coefficient (Wildman–Crippen LogP) is 4.98. The minimum absolute atomic E-state index is 0.00690. The van der Waals surface area contributed by atoms with Crippen LogP contribution in [0.1, 0.15) is 29.5 Å². The molecule has 1 N–H and O–H groups in total. The van der Waals surface area contributed by atoms with E-state index in [0.717, 1.165) is 12.8 Å². The molecule has 1 fully saturated rings. The zero-order chi connectivity index (χ0) is 19.2. The van der Waals surface area contributed by atoms with Gasteiger partial charge in [-0.25, -0.2) is 13.6 Å². The highest BCUT2D eigenvalue weighted by molar-refractivity contribution is 6.30. The Morgan fingerprint density at radius 3 is 2.56 bits per heavy atom. The quantitative estimate of drug-likeness (QED) is 0.804. The van der Waals surface area contributed by atoms with Crippen molar-refractivity contribution >= 4 is 23.3 Å². The lowest BCUT2D eigenvalue weighted by Crippen LogP contribution is -2.58. The molecule has 4 nitrogen and oxygen atoms in total. The molecule has 27 heavy (non-hydrogen) atoms. The van der Waals surface area contributed by atoms with E-state index in [1.54, 1.807) is 42.5 Å². The number of amides is 2. The van der Waals surface area contributed by atoms with Crippen molar-refractivity contribution in [1.82, 2.24) is 4.90 Å². The van der Waals surface area contributed by atoms with Crippen molar-refractivity contribution in [3.05, 3.63) is 64.2 Å². The standard InChI is InChI=1S/C20H16ClF2N3O/c21-15-7-8-17-16(9-15)20(14-5-6-14,13-3-1-12(10-24)2-4-13)26(11-18(22)23)19(27)25-17/h1-4,7-9,14,18H,5-6,11H2,(H,25,27)/t20-/m0/s1. The lowest BCUT2D eigenvalue weighted by molar-refractivity contribution is 0.0504. The number of hydrogen-bond donors (Lipinski definition) is 1. The van der Waals surface area contributed by atoms with Gasteiger partial charge >= 0.3 is 6.03 Å². The van der Waals surface area contributed by atoms with E-state index >= 15 is 0 Å². The molecule has 2 aromatic rings. The molecule has 1 heterocycles. The molecule has 4 rings (SSSR count). The Morgan fingerprint density at radius 2 is 1.96 bits per heavy atom. The van der Waals surface area contributed by atoms with Crippen molar-refractivity contribution in [1.29, 1.82) is 5.26 Å². The van der Waals surface area contributed by atoms with Gasteiger partial charge in [-0.15, -0.1) is 0 Å². The Hall–Kier alpha value is -2.65. The SMILES string of the molecule is N#Cc1ccc([C@]2(C3CC3)c3cc(Cl)ccc3NC(=O)N2CC(F)F)cc1. The second-order valence-corrected chi connectivity index (χ2v) is 7.29. The van der Waals surface area contributed by atoms with Gasteiger partial charge in [0.05, 0.1) is 18.2 Å². The fourth-order valence-corrected chi connectivity index (χ4v) is 4.25. The van der Waals surface area contributed by atoms with E-state index < -0.39 is 24.5 Å². The first-order chi connectivity index (χ1) is 13.0. The molecule has 1 atom stereocenters. The minimum Gasteiger partial charge on any atom is -0.307 e. The summed E-state index contributed by atoms with van der Waals surface area (Å²) in [5.41, 5.74) is 1.43. The monoisotopic (exact) mass is 387 g/mol. The topological polar surface area (TPSA) is 56.1 Å². The largest absolute Gasteiger partial charge is 0.323 e. The summed E-state index contributed by atoms with van der Waals surface area (Å²) in [7, 11) is 0. The number of nitrogens with one attached hydrogen (secondary N) is 1. The average molecular weight is 388 g/mol. The van der Waals surface area contributed by atoms with E-state index in [2.05, 4.69) is 11.4 Å². The maximum Gasteiger partial charge on any atom is 0.323 e. The number of urea groups is 1. The number of hydrogen-bond acceptors (Lipinski definition) is 2. The van der Waals surface area contributed by atoms with Gasteiger partial charge in [-0.3, -0.25) is 0 Å². The molecule has 1 saturated carbocycles. The number of anilines is 1. The number of carbonyl (C=O) groups is 1.